The van der Waals surface area contributed by atoms with Crippen molar-refractivity contribution in [3.8, 4) is 5.75 Å². The van der Waals surface area contributed by atoms with E-state index in [1.807, 2.05) is 12.1 Å². The van der Waals surface area contributed by atoms with Gasteiger partial charge in [0.1, 0.15) is 12.4 Å². The van der Waals surface area contributed by atoms with Gasteiger partial charge < -0.3 is 20.1 Å². The van der Waals surface area contributed by atoms with Crippen LogP contribution in [0.5, 0.6) is 5.75 Å². The summed E-state index contributed by atoms with van der Waals surface area (Å²) in [6, 6.07) is 19.1. The summed E-state index contributed by atoms with van der Waals surface area (Å²) in [6.45, 7) is 3.42. The molecule has 4 N–H and O–H groups in total. The van der Waals surface area contributed by atoms with E-state index in [9.17, 15) is 13.5 Å². The molecule has 0 aliphatic heterocycles. The van der Waals surface area contributed by atoms with Crippen molar-refractivity contribution in [1.82, 2.24) is 10.3 Å². The number of hydrogen-bond donors (Lipinski definition) is 4. The Morgan fingerprint density at radius 2 is 1.88 bits per heavy atom. The molecule has 3 aromatic carbocycles. The number of H-pyrrole nitrogens is 1. The maximum Gasteiger partial charge on any atom is 0.229 e. The summed E-state index contributed by atoms with van der Waals surface area (Å²) < 4.78 is 31.0. The molecule has 0 bridgehead atoms. The van der Waals surface area contributed by atoms with Crippen molar-refractivity contribution in [2.75, 3.05) is 30.7 Å². The normalized spacial score (nSPS) is 12.8. The molecule has 1 heterocycles. The van der Waals surface area contributed by atoms with Crippen molar-refractivity contribution in [2.45, 2.75) is 13.0 Å². The predicted octanol–water partition coefficient (Wildman–Crippen LogP) is 3.70. The summed E-state index contributed by atoms with van der Waals surface area (Å²) in [5.74, 6) is 0.780. The van der Waals surface area contributed by atoms with Crippen LogP contribution in [0.1, 0.15) is 17.2 Å². The van der Waals surface area contributed by atoms with Crippen molar-refractivity contribution in [3.05, 3.63) is 71.8 Å². The highest BCUT2D eigenvalue weighted by atomic mass is 32.2. The molecule has 168 valence electrons. The van der Waals surface area contributed by atoms with Gasteiger partial charge >= 0.3 is 0 Å². The molecule has 0 aliphatic carbocycles. The summed E-state index contributed by atoms with van der Waals surface area (Å²) >= 11 is 0. The number of hydrogen-bond acceptors (Lipinski definition) is 5. The highest BCUT2D eigenvalue weighted by molar-refractivity contribution is 7.92. The Kier molecular flexibility index (Phi) is 6.36. The number of rotatable bonds is 9. The van der Waals surface area contributed by atoms with Crippen molar-refractivity contribution < 1.29 is 18.3 Å². The largest absolute Gasteiger partial charge is 0.492 e. The lowest BCUT2D eigenvalue weighted by Gasteiger charge is -2.14. The number of aromatic amines is 1. The molecule has 7 nitrogen and oxygen atoms in total. The standard InChI is InChI=1S/C24H27N3O4S/c1-16-6-9-22-21(12-16)20-8-7-19(14-23(20)26-22)31-11-10-25-15-24(28)17-4-3-5-18(13-17)27-32(2,29)30/h3-9,12-14,24-28H,10-11,15H2,1-2H3. The van der Waals surface area contributed by atoms with Crippen molar-refractivity contribution in [2.24, 2.45) is 0 Å². The predicted molar refractivity (Wildman–Crippen MR) is 129 cm³/mol. The molecule has 4 aromatic rings. The molecular weight excluding hydrogens is 426 g/mol. The van der Waals surface area contributed by atoms with Gasteiger partial charge in [0.15, 0.2) is 0 Å². The van der Waals surface area contributed by atoms with Crippen LogP contribution in [0, 0.1) is 6.92 Å². The van der Waals surface area contributed by atoms with Crippen LogP contribution in [0.3, 0.4) is 0 Å². The van der Waals surface area contributed by atoms with E-state index in [2.05, 4.69) is 46.2 Å². The summed E-state index contributed by atoms with van der Waals surface area (Å²) in [6.07, 6.45) is 0.330. The number of aromatic nitrogens is 1. The van der Waals surface area contributed by atoms with E-state index >= 15 is 0 Å². The zero-order valence-electron chi connectivity index (χ0n) is 18.1. The fourth-order valence-electron chi connectivity index (χ4n) is 3.71. The van der Waals surface area contributed by atoms with Gasteiger partial charge in [0.05, 0.1) is 17.9 Å². The van der Waals surface area contributed by atoms with Crippen molar-refractivity contribution in [3.63, 3.8) is 0 Å². The van der Waals surface area contributed by atoms with Gasteiger partial charge in [0.2, 0.25) is 10.0 Å². The molecule has 0 saturated heterocycles. The van der Waals surface area contributed by atoms with E-state index in [-0.39, 0.29) is 0 Å². The molecule has 0 amide bonds. The van der Waals surface area contributed by atoms with Crippen LogP contribution in [-0.4, -0.2) is 44.5 Å². The quantitative estimate of drug-likeness (QED) is 0.289. The number of fused-ring (bicyclic) bond motifs is 3. The molecule has 1 aromatic heterocycles. The molecule has 1 unspecified atom stereocenters. The van der Waals surface area contributed by atoms with Crippen LogP contribution < -0.4 is 14.8 Å². The topological polar surface area (TPSA) is 103 Å². The summed E-state index contributed by atoms with van der Waals surface area (Å²) in [5.41, 5.74) is 4.43. The molecule has 32 heavy (non-hydrogen) atoms. The first-order chi connectivity index (χ1) is 15.3. The summed E-state index contributed by atoms with van der Waals surface area (Å²) in [7, 11) is -3.36. The van der Waals surface area contributed by atoms with Crippen LogP contribution in [0.4, 0.5) is 5.69 Å². The Bertz CT molecular complexity index is 1350. The fourth-order valence-corrected chi connectivity index (χ4v) is 4.26. The second kappa shape index (κ2) is 9.20. The molecule has 4 rings (SSSR count). The highest BCUT2D eigenvalue weighted by Crippen LogP contribution is 2.29. The van der Waals surface area contributed by atoms with E-state index in [0.29, 0.717) is 30.9 Å². The van der Waals surface area contributed by atoms with E-state index < -0.39 is 16.1 Å². The van der Waals surface area contributed by atoms with Crippen LogP contribution in [0.15, 0.2) is 60.7 Å². The molecule has 0 saturated carbocycles. The minimum Gasteiger partial charge on any atom is -0.492 e. The van der Waals surface area contributed by atoms with Gasteiger partial charge in [-0.3, -0.25) is 4.72 Å². The zero-order chi connectivity index (χ0) is 22.7. The Labute approximate surface area is 187 Å². The van der Waals surface area contributed by atoms with E-state index in [0.717, 1.165) is 23.0 Å². The number of anilines is 1. The van der Waals surface area contributed by atoms with Gasteiger partial charge in [-0.2, -0.15) is 0 Å². The highest BCUT2D eigenvalue weighted by Gasteiger charge is 2.10. The second-order valence-electron chi connectivity index (χ2n) is 7.95. The van der Waals surface area contributed by atoms with E-state index in [1.54, 1.807) is 24.3 Å². The molecular formula is C24H27N3O4S. The van der Waals surface area contributed by atoms with Gasteiger partial charge in [0.25, 0.3) is 0 Å². The van der Waals surface area contributed by atoms with Gasteiger partial charge in [-0.05, 0) is 48.9 Å². The lowest BCUT2D eigenvalue weighted by atomic mass is 10.1. The first-order valence-electron chi connectivity index (χ1n) is 10.4. The summed E-state index contributed by atoms with van der Waals surface area (Å²) in [5, 5.41) is 15.9. The third-order valence-electron chi connectivity index (χ3n) is 5.19. The number of aliphatic hydroxyl groups excluding tert-OH is 1. The number of benzene rings is 3. The van der Waals surface area contributed by atoms with Gasteiger partial charge in [0, 0.05) is 41.1 Å². The Morgan fingerprint density at radius 3 is 2.69 bits per heavy atom. The number of nitrogens with one attached hydrogen (secondary N) is 3. The maximum absolute atomic E-state index is 11.4. The molecule has 0 radical (unpaired) electrons. The van der Waals surface area contributed by atoms with Gasteiger partial charge in [-0.25, -0.2) is 8.42 Å². The lowest BCUT2D eigenvalue weighted by molar-refractivity contribution is 0.172. The Morgan fingerprint density at radius 1 is 1.03 bits per heavy atom. The zero-order valence-corrected chi connectivity index (χ0v) is 18.9. The van der Waals surface area contributed by atoms with Crippen LogP contribution in [0.2, 0.25) is 0 Å². The van der Waals surface area contributed by atoms with Gasteiger partial charge in [-0.15, -0.1) is 0 Å². The first-order valence-corrected chi connectivity index (χ1v) is 12.3. The van der Waals surface area contributed by atoms with E-state index in [4.69, 9.17) is 4.74 Å². The molecule has 0 fully saturated rings. The minimum absolute atomic E-state index is 0.325. The monoisotopic (exact) mass is 453 g/mol. The van der Waals surface area contributed by atoms with Gasteiger partial charge in [-0.1, -0.05) is 23.8 Å². The molecule has 8 heteroatoms. The van der Waals surface area contributed by atoms with Crippen LogP contribution >= 0.6 is 0 Å². The van der Waals surface area contributed by atoms with E-state index in [1.165, 1.54) is 16.3 Å². The Hall–Kier alpha value is -3.07. The molecule has 0 spiro atoms. The average Bonchev–Trinajstić information content (AvgIpc) is 3.09. The third kappa shape index (κ3) is 5.40. The van der Waals surface area contributed by atoms with Crippen molar-refractivity contribution in [1.29, 1.82) is 0 Å². The number of aryl methyl sites for hydroxylation is 1. The Balaban J connectivity index is 1.28. The van der Waals surface area contributed by atoms with Crippen LogP contribution in [-0.2, 0) is 10.0 Å². The molecule has 0 aliphatic rings. The van der Waals surface area contributed by atoms with Crippen molar-refractivity contribution >= 4 is 37.5 Å². The number of ether oxygens (including phenoxy) is 1. The smallest absolute Gasteiger partial charge is 0.229 e. The maximum atomic E-state index is 11.4. The molecule has 1 atom stereocenters. The minimum atomic E-state index is -3.36. The fraction of sp³-hybridized carbons (Fsp3) is 0.250. The average molecular weight is 454 g/mol. The number of sulfonamides is 1. The number of aliphatic hydroxyl groups is 1. The lowest BCUT2D eigenvalue weighted by Crippen LogP contribution is -2.26. The van der Waals surface area contributed by atoms with Crippen LogP contribution in [0.25, 0.3) is 21.8 Å². The second-order valence-corrected chi connectivity index (χ2v) is 9.70. The summed E-state index contributed by atoms with van der Waals surface area (Å²) in [4.78, 5) is 3.43. The SMILES string of the molecule is Cc1ccc2[nH]c3cc(OCCNCC(O)c4cccc(NS(C)(=O)=O)c4)ccc3c2c1. The first kappa shape index (κ1) is 22.1. The third-order valence-corrected chi connectivity index (χ3v) is 5.79.